The number of thiazole rings is 1. The zero-order chi connectivity index (χ0) is 23.4. The molecule has 168 valence electrons. The normalized spacial score (nSPS) is 11.2. The van der Waals surface area contributed by atoms with Gasteiger partial charge in [-0.1, -0.05) is 6.07 Å². The molecule has 0 fully saturated rings. The molecule has 33 heavy (non-hydrogen) atoms. The van der Waals surface area contributed by atoms with Crippen LogP contribution in [0.5, 0.6) is 0 Å². The molecule has 4 rings (SSSR count). The van der Waals surface area contributed by atoms with Gasteiger partial charge in [0.15, 0.2) is 0 Å². The fourth-order valence-electron chi connectivity index (χ4n) is 3.09. The number of aromatic nitrogens is 2. The van der Waals surface area contributed by atoms with Gasteiger partial charge < -0.3 is 5.32 Å². The molecule has 0 spiro atoms. The number of carbonyl (C=O) groups is 1. The predicted octanol–water partition coefficient (Wildman–Crippen LogP) is 4.55. The van der Waals surface area contributed by atoms with E-state index in [2.05, 4.69) is 20.0 Å². The van der Waals surface area contributed by atoms with Crippen molar-refractivity contribution in [2.24, 2.45) is 0 Å². The molecular weight excluding hydrogens is 456 g/mol. The number of rotatable bonds is 7. The average molecular weight is 479 g/mol. The van der Waals surface area contributed by atoms with Crippen LogP contribution in [0.2, 0.25) is 0 Å². The highest BCUT2D eigenvalue weighted by atomic mass is 32.2. The highest BCUT2D eigenvalue weighted by Crippen LogP contribution is 2.22. The Morgan fingerprint density at radius 1 is 0.970 bits per heavy atom. The zero-order valence-corrected chi connectivity index (χ0v) is 19.7. The van der Waals surface area contributed by atoms with Gasteiger partial charge in [-0.3, -0.25) is 14.5 Å². The number of nitrogens with zero attached hydrogens (tertiary/aromatic N) is 2. The summed E-state index contributed by atoms with van der Waals surface area (Å²) in [5.41, 5.74) is 4.54. The Labute approximate surface area is 196 Å². The minimum Gasteiger partial charge on any atom is -0.346 e. The van der Waals surface area contributed by atoms with Gasteiger partial charge in [0.2, 0.25) is 0 Å². The summed E-state index contributed by atoms with van der Waals surface area (Å²) in [5, 5.41) is 5.57. The van der Waals surface area contributed by atoms with E-state index in [1.807, 2.05) is 31.4 Å². The third kappa shape index (κ3) is 5.44. The molecule has 0 bridgehead atoms. The van der Waals surface area contributed by atoms with Gasteiger partial charge in [0.05, 0.1) is 17.1 Å². The van der Waals surface area contributed by atoms with E-state index in [0.717, 1.165) is 27.4 Å². The minimum absolute atomic E-state index is 0.196. The maximum absolute atomic E-state index is 12.6. The number of sulfonamides is 1. The van der Waals surface area contributed by atoms with E-state index >= 15 is 0 Å². The van der Waals surface area contributed by atoms with Crippen LogP contribution >= 0.6 is 11.3 Å². The van der Waals surface area contributed by atoms with Crippen LogP contribution in [-0.2, 0) is 16.6 Å². The first-order valence-corrected chi connectivity index (χ1v) is 12.5. The first-order valence-electron chi connectivity index (χ1n) is 10.1. The number of aryl methyl sites for hydroxylation is 2. The predicted molar refractivity (Wildman–Crippen MR) is 130 cm³/mol. The molecule has 7 nitrogen and oxygen atoms in total. The van der Waals surface area contributed by atoms with Gasteiger partial charge in [-0.15, -0.1) is 11.3 Å². The van der Waals surface area contributed by atoms with E-state index in [9.17, 15) is 13.2 Å². The van der Waals surface area contributed by atoms with Gasteiger partial charge in [0.1, 0.15) is 5.01 Å². The van der Waals surface area contributed by atoms with Crippen LogP contribution in [0.4, 0.5) is 5.69 Å². The second kappa shape index (κ2) is 9.51. The van der Waals surface area contributed by atoms with Crippen LogP contribution in [0, 0.1) is 13.8 Å². The lowest BCUT2D eigenvalue weighted by molar-refractivity contribution is 0.0951. The summed E-state index contributed by atoms with van der Waals surface area (Å²) in [6, 6.07) is 15.1. The van der Waals surface area contributed by atoms with Crippen molar-refractivity contribution in [3.8, 4) is 11.3 Å². The summed E-state index contributed by atoms with van der Waals surface area (Å²) in [7, 11) is -3.71. The number of anilines is 1. The third-order valence-electron chi connectivity index (χ3n) is 5.12. The quantitative estimate of drug-likeness (QED) is 0.406. The standard InChI is InChI=1S/C24H22N4O3S2/c1-16-3-8-21(13-17(16)2)33(30,31)28-20-6-4-19(5-7-20)24(29)26-14-23-27-22(15-32-23)18-9-11-25-12-10-18/h3-13,15,28H,14H2,1-2H3,(H,26,29). The lowest BCUT2D eigenvalue weighted by Crippen LogP contribution is -2.22. The maximum atomic E-state index is 12.6. The second-order valence-corrected chi connectivity index (χ2v) is 10.1. The summed E-state index contributed by atoms with van der Waals surface area (Å²) in [6.45, 7) is 4.10. The maximum Gasteiger partial charge on any atom is 0.261 e. The molecule has 4 aromatic rings. The third-order valence-corrected chi connectivity index (χ3v) is 7.34. The van der Waals surface area contributed by atoms with Crippen LogP contribution in [0.15, 0.2) is 77.3 Å². The molecule has 0 atom stereocenters. The van der Waals surface area contributed by atoms with Crippen LogP contribution in [0.25, 0.3) is 11.3 Å². The number of amides is 1. The van der Waals surface area contributed by atoms with E-state index in [1.54, 1.807) is 54.9 Å². The lowest BCUT2D eigenvalue weighted by atomic mass is 10.1. The van der Waals surface area contributed by atoms with Crippen LogP contribution in [-0.4, -0.2) is 24.3 Å². The van der Waals surface area contributed by atoms with Crippen molar-refractivity contribution in [1.29, 1.82) is 0 Å². The van der Waals surface area contributed by atoms with Gasteiger partial charge >= 0.3 is 0 Å². The van der Waals surface area contributed by atoms with E-state index in [1.165, 1.54) is 11.3 Å². The molecule has 0 aliphatic carbocycles. The Hall–Kier alpha value is -3.56. The monoisotopic (exact) mass is 478 g/mol. The highest BCUT2D eigenvalue weighted by Gasteiger charge is 2.15. The van der Waals surface area contributed by atoms with Crippen LogP contribution in [0.1, 0.15) is 26.5 Å². The second-order valence-electron chi connectivity index (χ2n) is 7.47. The number of nitrogens with one attached hydrogen (secondary N) is 2. The molecule has 2 aromatic carbocycles. The van der Waals surface area contributed by atoms with E-state index in [4.69, 9.17) is 0 Å². The molecule has 0 radical (unpaired) electrons. The smallest absolute Gasteiger partial charge is 0.261 e. The fraction of sp³-hybridized carbons (Fsp3) is 0.125. The highest BCUT2D eigenvalue weighted by molar-refractivity contribution is 7.92. The number of hydrogen-bond donors (Lipinski definition) is 2. The molecule has 2 heterocycles. The van der Waals surface area contributed by atoms with Crippen molar-refractivity contribution < 1.29 is 13.2 Å². The first kappa shape index (κ1) is 22.6. The molecule has 0 unspecified atom stereocenters. The molecule has 2 N–H and O–H groups in total. The Morgan fingerprint density at radius 2 is 1.70 bits per heavy atom. The van der Waals surface area contributed by atoms with Crippen molar-refractivity contribution in [2.45, 2.75) is 25.3 Å². The Balaban J connectivity index is 1.37. The lowest BCUT2D eigenvalue weighted by Gasteiger charge is -2.10. The largest absolute Gasteiger partial charge is 0.346 e. The van der Waals surface area contributed by atoms with Gasteiger partial charge in [-0.25, -0.2) is 13.4 Å². The number of benzene rings is 2. The van der Waals surface area contributed by atoms with E-state index in [-0.39, 0.29) is 10.8 Å². The molecule has 2 aromatic heterocycles. The van der Waals surface area contributed by atoms with E-state index < -0.39 is 10.0 Å². The van der Waals surface area contributed by atoms with Crippen LogP contribution in [0.3, 0.4) is 0 Å². The summed E-state index contributed by atoms with van der Waals surface area (Å²) < 4.78 is 27.8. The van der Waals surface area contributed by atoms with Gasteiger partial charge in [0.25, 0.3) is 15.9 Å². The van der Waals surface area contributed by atoms with Gasteiger partial charge in [-0.05, 0) is 73.5 Å². The van der Waals surface area contributed by atoms with Crippen LogP contribution < -0.4 is 10.0 Å². The average Bonchev–Trinajstić information content (AvgIpc) is 3.29. The molecule has 0 saturated heterocycles. The molecular formula is C24H22N4O3S2. The van der Waals surface area contributed by atoms with Crippen molar-refractivity contribution in [1.82, 2.24) is 15.3 Å². The number of pyridine rings is 1. The summed E-state index contributed by atoms with van der Waals surface area (Å²) in [4.78, 5) is 21.2. The topological polar surface area (TPSA) is 101 Å². The molecule has 0 aliphatic heterocycles. The fourth-order valence-corrected chi connectivity index (χ4v) is 4.98. The molecule has 0 aliphatic rings. The molecule has 0 saturated carbocycles. The molecule has 1 amide bonds. The van der Waals surface area contributed by atoms with Gasteiger partial charge in [-0.2, -0.15) is 0 Å². The van der Waals surface area contributed by atoms with Crippen molar-refractivity contribution >= 4 is 33.0 Å². The Bertz CT molecular complexity index is 1380. The number of hydrogen-bond acceptors (Lipinski definition) is 6. The summed E-state index contributed by atoms with van der Waals surface area (Å²) in [6.07, 6.45) is 3.42. The minimum atomic E-state index is -3.71. The van der Waals surface area contributed by atoms with Crippen molar-refractivity contribution in [3.05, 3.63) is 94.1 Å². The number of carbonyl (C=O) groups excluding carboxylic acids is 1. The first-order chi connectivity index (χ1) is 15.8. The Kier molecular flexibility index (Phi) is 6.52. The molecule has 9 heteroatoms. The van der Waals surface area contributed by atoms with Gasteiger partial charge in [0, 0.05) is 34.6 Å². The summed E-state index contributed by atoms with van der Waals surface area (Å²) in [5.74, 6) is -0.265. The Morgan fingerprint density at radius 3 is 2.39 bits per heavy atom. The van der Waals surface area contributed by atoms with Crippen molar-refractivity contribution in [2.75, 3.05) is 4.72 Å². The SMILES string of the molecule is Cc1ccc(S(=O)(=O)Nc2ccc(C(=O)NCc3nc(-c4ccncc4)cs3)cc2)cc1C. The van der Waals surface area contributed by atoms with E-state index in [0.29, 0.717) is 17.8 Å². The van der Waals surface area contributed by atoms with Crippen molar-refractivity contribution in [3.63, 3.8) is 0 Å². The zero-order valence-electron chi connectivity index (χ0n) is 18.1. The summed E-state index contributed by atoms with van der Waals surface area (Å²) >= 11 is 1.47.